The van der Waals surface area contributed by atoms with Gasteiger partial charge in [0, 0.05) is 11.3 Å². The Balaban J connectivity index is 0.000000132. The quantitative estimate of drug-likeness (QED) is 0.171. The summed E-state index contributed by atoms with van der Waals surface area (Å²) < 4.78 is 0. The van der Waals surface area contributed by atoms with Crippen LogP contribution in [0.1, 0.15) is 38.5 Å². The number of rotatable bonds is 6. The fraction of sp³-hybridized carbons (Fsp3) is 0.227. The average molecular weight is 793 g/mol. The van der Waals surface area contributed by atoms with Crippen LogP contribution in [-0.4, -0.2) is 0 Å². The molecule has 4 atom stereocenters. The second kappa shape index (κ2) is 16.5. The average Bonchev–Trinajstić information content (AvgIpc) is 4.00. The van der Waals surface area contributed by atoms with E-state index in [0.29, 0.717) is 0 Å². The fourth-order valence-electron chi connectivity index (χ4n) is 9.02. The first-order chi connectivity index (χ1) is 24.2. The molecule has 5 heteroatoms. The van der Waals surface area contributed by atoms with E-state index in [4.69, 9.17) is 17.0 Å². The predicted octanol–water partition coefficient (Wildman–Crippen LogP) is 10.7. The Hall–Kier alpha value is -0.797. The van der Waals surface area contributed by atoms with Gasteiger partial charge in [0.05, 0.1) is 0 Å². The molecule has 4 bridgehead atoms. The third-order valence-electron chi connectivity index (χ3n) is 11.1. The Morgan fingerprint density at radius 1 is 0.388 bits per heavy atom. The molecule has 0 aliphatic heterocycles. The Morgan fingerprint density at radius 3 is 0.837 bits per heavy atom. The van der Waals surface area contributed by atoms with Gasteiger partial charge < -0.3 is 0 Å². The topological polar surface area (TPSA) is 0 Å². The van der Waals surface area contributed by atoms with Crippen LogP contribution >= 0.6 is 32.9 Å². The van der Waals surface area contributed by atoms with Crippen LogP contribution in [0, 0.1) is 84.3 Å². The molecule has 4 aromatic carbocycles. The van der Waals surface area contributed by atoms with Crippen molar-refractivity contribution in [1.82, 2.24) is 0 Å². The van der Waals surface area contributed by atoms with Gasteiger partial charge in [-0.25, -0.2) is 0 Å². The Bertz CT molecular complexity index is 1370. The Labute approximate surface area is 316 Å². The number of fused-ring (bicyclic) bond motifs is 10. The summed E-state index contributed by atoms with van der Waals surface area (Å²) >= 11 is -0.826. The van der Waals surface area contributed by atoms with Gasteiger partial charge in [-0.1, -0.05) is 121 Å². The third kappa shape index (κ3) is 7.53. The third-order valence-corrected chi connectivity index (χ3v) is 15.9. The molecule has 10 rings (SSSR count). The SMILES string of the molecule is [CH]1[C]2[C]([CH][C]1P(c1ccccc1)c1ccccc1)C1CCC2C1.[CH]1[C]2[C]([CH][C]1P(c1ccccc1)c1ccccc1)C1CCC2C1.[Cl][Zr][Cl]. The van der Waals surface area contributed by atoms with Gasteiger partial charge in [0.15, 0.2) is 0 Å². The molecule has 0 N–H and O–H groups in total. The summed E-state index contributed by atoms with van der Waals surface area (Å²) in [7, 11) is 9.02. The molecule has 0 saturated heterocycles. The summed E-state index contributed by atoms with van der Waals surface area (Å²) in [5, 5.41) is 5.85. The van der Waals surface area contributed by atoms with Crippen LogP contribution < -0.4 is 21.2 Å². The van der Waals surface area contributed by atoms with E-state index in [1.165, 1.54) is 59.7 Å². The van der Waals surface area contributed by atoms with E-state index in [1.54, 1.807) is 35.0 Å². The zero-order chi connectivity index (χ0) is 33.2. The molecular formula is C44H40Cl2P2Zr. The molecule has 6 fully saturated rings. The van der Waals surface area contributed by atoms with Crippen molar-refractivity contribution in [3.63, 3.8) is 0 Å². The molecule has 4 aromatic rings. The second-order valence-electron chi connectivity index (χ2n) is 13.7. The molecule has 0 nitrogen and oxygen atoms in total. The minimum atomic E-state index is -0.826. The maximum absolute atomic E-state index is 4.93. The van der Waals surface area contributed by atoms with Crippen LogP contribution in [0.2, 0.25) is 0 Å². The summed E-state index contributed by atoms with van der Waals surface area (Å²) in [4.78, 5) is 0. The molecule has 0 aromatic heterocycles. The van der Waals surface area contributed by atoms with E-state index in [0.717, 1.165) is 23.7 Å². The van der Waals surface area contributed by atoms with Gasteiger partial charge >= 0.3 is 37.9 Å². The standard InChI is InChI=1S/2C22H20P.2ClH.Zr/c2*1-3-7-18(8-4-1)23(19-9-5-2-6-10-19)20-14-21-16-11-12-17(13-16)22(21)15-20;;;/h2*1-10,14-17H,11-13H2;2*1H;/q;;;;+2/p-2. The van der Waals surface area contributed by atoms with Crippen LogP contribution in [-0.2, 0) is 20.8 Å². The van der Waals surface area contributed by atoms with Crippen molar-refractivity contribution in [3.8, 4) is 0 Å². The maximum atomic E-state index is 4.93. The monoisotopic (exact) mass is 790 g/mol. The summed E-state index contributed by atoms with van der Waals surface area (Å²) in [5.74, 6) is 10.1. The van der Waals surface area contributed by atoms with Crippen molar-refractivity contribution >= 4 is 54.1 Å². The predicted molar refractivity (Wildman–Crippen MR) is 208 cm³/mol. The van der Waals surface area contributed by atoms with Crippen molar-refractivity contribution < 1.29 is 20.8 Å². The van der Waals surface area contributed by atoms with Crippen molar-refractivity contribution in [3.05, 3.63) is 182 Å². The molecule has 49 heavy (non-hydrogen) atoms. The van der Waals surface area contributed by atoms with Crippen molar-refractivity contribution in [2.45, 2.75) is 38.5 Å². The summed E-state index contributed by atoms with van der Waals surface area (Å²) in [5.41, 5.74) is 3.11. The molecule has 0 heterocycles. The molecule has 6 saturated carbocycles. The molecule has 0 amide bonds. The van der Waals surface area contributed by atoms with E-state index >= 15 is 0 Å². The van der Waals surface area contributed by atoms with Gasteiger partial charge in [-0.05, 0) is 149 Å². The molecule has 0 spiro atoms. The number of hydrogen-bond acceptors (Lipinski definition) is 0. The van der Waals surface area contributed by atoms with Gasteiger partial charge in [-0.15, -0.1) is 0 Å². The zero-order valence-electron chi connectivity index (χ0n) is 27.6. The van der Waals surface area contributed by atoms with Crippen LogP contribution in [0.3, 0.4) is 0 Å². The van der Waals surface area contributed by atoms with Gasteiger partial charge in [0.25, 0.3) is 0 Å². The summed E-state index contributed by atoms with van der Waals surface area (Å²) in [6.45, 7) is 0. The molecule has 6 aliphatic rings. The summed E-state index contributed by atoms with van der Waals surface area (Å²) in [6, 6.07) is 44.2. The second-order valence-corrected chi connectivity index (χ2v) is 21.9. The van der Waals surface area contributed by atoms with Crippen molar-refractivity contribution in [2.75, 3.05) is 0 Å². The molecule has 6 aliphatic carbocycles. The van der Waals surface area contributed by atoms with E-state index in [2.05, 4.69) is 147 Å². The number of benzene rings is 4. The van der Waals surface area contributed by atoms with E-state index in [1.807, 2.05) is 0 Å². The number of hydrogen-bond donors (Lipinski definition) is 0. The van der Waals surface area contributed by atoms with Gasteiger partial charge in [-0.2, -0.15) is 0 Å². The van der Waals surface area contributed by atoms with E-state index in [9.17, 15) is 0 Å². The van der Waals surface area contributed by atoms with Crippen molar-refractivity contribution in [2.24, 2.45) is 23.7 Å². The molecule has 244 valence electrons. The molecule has 4 unspecified atom stereocenters. The fourth-order valence-corrected chi connectivity index (χ4v) is 13.8. The Morgan fingerprint density at radius 2 is 0.612 bits per heavy atom. The first-order valence-electron chi connectivity index (χ1n) is 17.6. The van der Waals surface area contributed by atoms with Crippen LogP contribution in [0.4, 0.5) is 0 Å². The first kappa shape index (κ1) is 35.2. The zero-order valence-corrected chi connectivity index (χ0v) is 33.3. The Kier molecular flexibility index (Phi) is 11.9. The molecular weight excluding hydrogens is 753 g/mol. The molecule has 10 radical (unpaired) electrons. The van der Waals surface area contributed by atoms with Crippen LogP contribution in [0.5, 0.6) is 0 Å². The normalized spacial score (nSPS) is 26.4. The first-order valence-corrected chi connectivity index (χ1v) is 26.6. The summed E-state index contributed by atoms with van der Waals surface area (Å²) in [6.07, 6.45) is 18.7. The van der Waals surface area contributed by atoms with Gasteiger partial charge in [-0.3, -0.25) is 0 Å². The minimum absolute atomic E-state index is 0.424. The van der Waals surface area contributed by atoms with Crippen molar-refractivity contribution in [1.29, 1.82) is 0 Å². The van der Waals surface area contributed by atoms with Gasteiger partial charge in [0.1, 0.15) is 0 Å². The van der Waals surface area contributed by atoms with E-state index < -0.39 is 36.7 Å². The van der Waals surface area contributed by atoms with Gasteiger partial charge in [0.2, 0.25) is 0 Å². The van der Waals surface area contributed by atoms with E-state index in [-0.39, 0.29) is 0 Å². The van der Waals surface area contributed by atoms with Crippen LogP contribution in [0.25, 0.3) is 0 Å². The van der Waals surface area contributed by atoms with Crippen LogP contribution in [0.15, 0.2) is 121 Å². The number of halogens is 2.